The Balaban J connectivity index is 1.96. The fourth-order valence-electron chi connectivity index (χ4n) is 2.36. The summed E-state index contributed by atoms with van der Waals surface area (Å²) < 4.78 is 11.8. The number of hydrogen-bond donors (Lipinski definition) is 1. The molecule has 1 aromatic heterocycles. The van der Waals surface area contributed by atoms with Crippen LogP contribution in [0.15, 0.2) is 55.3 Å². The molecule has 5 nitrogen and oxygen atoms in total. The van der Waals surface area contributed by atoms with Gasteiger partial charge in [0.25, 0.3) is 0 Å². The highest BCUT2D eigenvalue weighted by molar-refractivity contribution is 5.87. The Morgan fingerprint density at radius 3 is 2.65 bits per heavy atom. The van der Waals surface area contributed by atoms with Gasteiger partial charge in [0.05, 0.1) is 20.3 Å². The SMILES string of the molecule is C=C[C@@H](CNCc1ccc(OC)cc1)n1cccc1C(=O)OC. The van der Waals surface area contributed by atoms with Gasteiger partial charge in [-0.15, -0.1) is 6.58 Å². The van der Waals surface area contributed by atoms with E-state index in [9.17, 15) is 4.79 Å². The van der Waals surface area contributed by atoms with Gasteiger partial charge in [-0.2, -0.15) is 0 Å². The summed E-state index contributed by atoms with van der Waals surface area (Å²) in [6.45, 7) is 5.25. The molecule has 0 amide bonds. The predicted octanol–water partition coefficient (Wildman–Crippen LogP) is 2.80. The Kier molecular flexibility index (Phi) is 6.00. The van der Waals surface area contributed by atoms with Gasteiger partial charge < -0.3 is 19.4 Å². The predicted molar refractivity (Wildman–Crippen MR) is 89.7 cm³/mol. The Morgan fingerprint density at radius 2 is 2.04 bits per heavy atom. The van der Waals surface area contributed by atoms with E-state index in [-0.39, 0.29) is 12.0 Å². The lowest BCUT2D eigenvalue weighted by molar-refractivity contribution is 0.0587. The summed E-state index contributed by atoms with van der Waals surface area (Å²) in [7, 11) is 3.03. The van der Waals surface area contributed by atoms with Gasteiger partial charge in [0.2, 0.25) is 0 Å². The number of nitrogens with zero attached hydrogens (tertiary/aromatic N) is 1. The lowest BCUT2D eigenvalue weighted by Crippen LogP contribution is -2.25. The lowest BCUT2D eigenvalue weighted by Gasteiger charge is -2.18. The van der Waals surface area contributed by atoms with Gasteiger partial charge in [-0.3, -0.25) is 0 Å². The number of aromatic nitrogens is 1. The minimum absolute atomic E-state index is 0.0302. The van der Waals surface area contributed by atoms with Crippen LogP contribution in [0.2, 0.25) is 0 Å². The van der Waals surface area contributed by atoms with Gasteiger partial charge >= 0.3 is 5.97 Å². The number of hydrogen-bond acceptors (Lipinski definition) is 4. The van der Waals surface area contributed by atoms with Gasteiger partial charge in [0, 0.05) is 19.3 Å². The Labute approximate surface area is 136 Å². The van der Waals surface area contributed by atoms with Gasteiger partial charge in [0.1, 0.15) is 11.4 Å². The quantitative estimate of drug-likeness (QED) is 0.601. The zero-order valence-corrected chi connectivity index (χ0v) is 13.5. The van der Waals surface area contributed by atoms with Crippen molar-refractivity contribution in [1.29, 1.82) is 0 Å². The maximum atomic E-state index is 11.8. The number of ether oxygens (including phenoxy) is 2. The second kappa shape index (κ2) is 8.19. The third-order valence-electron chi connectivity index (χ3n) is 3.64. The molecule has 2 rings (SSSR count). The molecule has 0 radical (unpaired) electrons. The highest BCUT2D eigenvalue weighted by Crippen LogP contribution is 2.15. The standard InChI is InChI=1S/C18H22N2O3/c1-4-15(20-11-5-6-17(20)18(21)23-3)13-19-12-14-7-9-16(22-2)10-8-14/h4-11,15,19H,1,12-13H2,2-3H3/t15-/m0/s1. The van der Waals surface area contributed by atoms with Crippen molar-refractivity contribution >= 4 is 5.97 Å². The van der Waals surface area contributed by atoms with Crippen molar-refractivity contribution in [3.8, 4) is 5.75 Å². The van der Waals surface area contributed by atoms with E-state index < -0.39 is 0 Å². The van der Waals surface area contributed by atoms with Gasteiger partial charge in [-0.1, -0.05) is 18.2 Å². The summed E-state index contributed by atoms with van der Waals surface area (Å²) in [5.41, 5.74) is 1.68. The zero-order chi connectivity index (χ0) is 16.7. The molecule has 0 saturated carbocycles. The Bertz CT molecular complexity index is 647. The van der Waals surface area contributed by atoms with Crippen LogP contribution in [0.4, 0.5) is 0 Å². The van der Waals surface area contributed by atoms with E-state index >= 15 is 0 Å². The molecule has 1 heterocycles. The molecule has 0 saturated heterocycles. The number of carbonyl (C=O) groups excluding carboxylic acids is 1. The lowest BCUT2D eigenvalue weighted by atomic mass is 10.2. The highest BCUT2D eigenvalue weighted by atomic mass is 16.5. The third kappa shape index (κ3) is 4.23. The smallest absolute Gasteiger partial charge is 0.354 e. The second-order valence-corrected chi connectivity index (χ2v) is 5.07. The molecule has 0 unspecified atom stereocenters. The van der Waals surface area contributed by atoms with E-state index in [2.05, 4.69) is 11.9 Å². The molecule has 0 aliphatic rings. The molecule has 2 aromatic rings. The molecule has 0 bridgehead atoms. The van der Waals surface area contributed by atoms with Crippen LogP contribution in [0, 0.1) is 0 Å². The fourth-order valence-corrected chi connectivity index (χ4v) is 2.36. The van der Waals surface area contributed by atoms with Crippen molar-refractivity contribution in [1.82, 2.24) is 9.88 Å². The van der Waals surface area contributed by atoms with E-state index in [1.54, 1.807) is 13.2 Å². The van der Waals surface area contributed by atoms with E-state index in [1.165, 1.54) is 7.11 Å². The van der Waals surface area contributed by atoms with Crippen molar-refractivity contribution in [2.75, 3.05) is 20.8 Å². The molecule has 5 heteroatoms. The van der Waals surface area contributed by atoms with Gasteiger partial charge in [0.15, 0.2) is 0 Å². The van der Waals surface area contributed by atoms with Crippen LogP contribution in [0.25, 0.3) is 0 Å². The van der Waals surface area contributed by atoms with Crippen LogP contribution < -0.4 is 10.1 Å². The third-order valence-corrected chi connectivity index (χ3v) is 3.64. The average Bonchev–Trinajstić information content (AvgIpc) is 3.08. The van der Waals surface area contributed by atoms with Gasteiger partial charge in [-0.05, 0) is 29.8 Å². The monoisotopic (exact) mass is 314 g/mol. The summed E-state index contributed by atoms with van der Waals surface area (Å²) in [4.78, 5) is 11.8. The average molecular weight is 314 g/mol. The van der Waals surface area contributed by atoms with Crippen molar-refractivity contribution in [2.24, 2.45) is 0 Å². The molecular weight excluding hydrogens is 292 g/mol. The largest absolute Gasteiger partial charge is 0.497 e. The number of methoxy groups -OCH3 is 2. The van der Waals surface area contributed by atoms with Crippen LogP contribution >= 0.6 is 0 Å². The topological polar surface area (TPSA) is 52.5 Å². The summed E-state index contributed by atoms with van der Waals surface area (Å²) in [6.07, 6.45) is 3.67. The molecule has 23 heavy (non-hydrogen) atoms. The highest BCUT2D eigenvalue weighted by Gasteiger charge is 2.15. The molecule has 1 aromatic carbocycles. The summed E-state index contributed by atoms with van der Waals surface area (Å²) in [5.74, 6) is 0.491. The van der Waals surface area contributed by atoms with E-state index in [4.69, 9.17) is 9.47 Å². The minimum atomic E-state index is -0.350. The van der Waals surface area contributed by atoms with E-state index in [0.717, 1.165) is 17.9 Å². The minimum Gasteiger partial charge on any atom is -0.497 e. The van der Waals surface area contributed by atoms with Crippen LogP contribution in [0.5, 0.6) is 5.75 Å². The van der Waals surface area contributed by atoms with Crippen molar-refractivity contribution < 1.29 is 14.3 Å². The Hall–Kier alpha value is -2.53. The van der Waals surface area contributed by atoms with Crippen LogP contribution in [-0.2, 0) is 11.3 Å². The maximum absolute atomic E-state index is 11.8. The summed E-state index contributed by atoms with van der Waals surface area (Å²) in [6, 6.07) is 11.4. The first-order chi connectivity index (χ1) is 11.2. The number of nitrogens with one attached hydrogen (secondary N) is 1. The first-order valence-electron chi connectivity index (χ1n) is 7.41. The number of rotatable bonds is 8. The molecule has 1 atom stereocenters. The molecule has 1 N–H and O–H groups in total. The Morgan fingerprint density at radius 1 is 1.30 bits per heavy atom. The van der Waals surface area contributed by atoms with Crippen molar-refractivity contribution in [2.45, 2.75) is 12.6 Å². The second-order valence-electron chi connectivity index (χ2n) is 5.07. The van der Waals surface area contributed by atoms with Crippen molar-refractivity contribution in [3.63, 3.8) is 0 Å². The molecular formula is C18H22N2O3. The van der Waals surface area contributed by atoms with Gasteiger partial charge in [-0.25, -0.2) is 4.79 Å². The number of benzene rings is 1. The molecule has 0 aliphatic heterocycles. The van der Waals surface area contributed by atoms with E-state index in [1.807, 2.05) is 47.2 Å². The zero-order valence-electron chi connectivity index (χ0n) is 13.5. The van der Waals surface area contributed by atoms with Crippen molar-refractivity contribution in [3.05, 3.63) is 66.5 Å². The number of esters is 1. The van der Waals surface area contributed by atoms with Crippen LogP contribution in [0.3, 0.4) is 0 Å². The molecule has 0 spiro atoms. The molecule has 122 valence electrons. The first kappa shape index (κ1) is 16.8. The molecule has 0 aliphatic carbocycles. The van der Waals surface area contributed by atoms with Crippen LogP contribution in [-0.4, -0.2) is 31.3 Å². The molecule has 0 fully saturated rings. The summed E-state index contributed by atoms with van der Waals surface area (Å²) in [5, 5.41) is 3.38. The number of carbonyl (C=O) groups is 1. The summed E-state index contributed by atoms with van der Waals surface area (Å²) >= 11 is 0. The maximum Gasteiger partial charge on any atom is 0.354 e. The normalized spacial score (nSPS) is 11.7. The fraction of sp³-hybridized carbons (Fsp3) is 0.278. The van der Waals surface area contributed by atoms with Crippen LogP contribution in [0.1, 0.15) is 22.1 Å². The van der Waals surface area contributed by atoms with E-state index in [0.29, 0.717) is 12.2 Å². The first-order valence-corrected chi connectivity index (χ1v) is 7.41.